The van der Waals surface area contributed by atoms with Crippen molar-refractivity contribution in [2.75, 3.05) is 0 Å². The lowest BCUT2D eigenvalue weighted by molar-refractivity contribution is -0.115. The fourth-order valence-corrected chi connectivity index (χ4v) is 3.39. The molecule has 2 atom stereocenters. The molecule has 2 nitrogen and oxygen atoms in total. The number of carbonyl (C=O) groups excluding carboxylic acids is 2. The van der Waals surface area contributed by atoms with Crippen LogP contribution < -0.4 is 0 Å². The molecule has 0 fully saturated rings. The van der Waals surface area contributed by atoms with Crippen LogP contribution in [0.25, 0.3) is 0 Å². The van der Waals surface area contributed by atoms with E-state index in [0.29, 0.717) is 22.6 Å². The van der Waals surface area contributed by atoms with Gasteiger partial charge in [0.1, 0.15) is 0 Å². The molecule has 4 rings (SSSR count). The molecule has 0 amide bonds. The van der Waals surface area contributed by atoms with Gasteiger partial charge in [-0.3, -0.25) is 9.59 Å². The van der Waals surface area contributed by atoms with Crippen LogP contribution >= 0.6 is 23.2 Å². The molecule has 2 unspecified atom stereocenters. The maximum Gasteiger partial charge on any atom is 0.184 e. The number of halogens is 2. The van der Waals surface area contributed by atoms with Crippen LogP contribution in [0.2, 0.25) is 0 Å². The summed E-state index contributed by atoms with van der Waals surface area (Å²) in [5, 5.41) is 0.588. The van der Waals surface area contributed by atoms with E-state index in [1.807, 2.05) is 6.08 Å². The topological polar surface area (TPSA) is 34.1 Å². The van der Waals surface area contributed by atoms with Crippen molar-refractivity contribution < 1.29 is 9.59 Å². The molecule has 86 valence electrons. The predicted octanol–water partition coefficient (Wildman–Crippen LogP) is 2.68. The first-order valence-electron chi connectivity index (χ1n) is 5.27. The molecule has 0 saturated heterocycles. The highest BCUT2D eigenvalue weighted by Crippen LogP contribution is 2.47. The summed E-state index contributed by atoms with van der Waals surface area (Å²) in [6.45, 7) is 0. The molecule has 4 aliphatic carbocycles. The van der Waals surface area contributed by atoms with Gasteiger partial charge in [-0.05, 0) is 12.2 Å². The number of carbonyl (C=O) groups is 2. The van der Waals surface area contributed by atoms with Crippen LogP contribution in [0.3, 0.4) is 0 Å². The first-order chi connectivity index (χ1) is 8.01. The largest absolute Gasteiger partial charge is 0.290 e. The third-order valence-electron chi connectivity index (χ3n) is 3.27. The minimum atomic E-state index is -0.965. The molecule has 0 spiro atoms. The Morgan fingerprint density at radius 1 is 1.24 bits per heavy atom. The number of hydrogen-bond donors (Lipinski definition) is 0. The summed E-state index contributed by atoms with van der Waals surface area (Å²) in [4.78, 5) is 22.9. The Bertz CT molecular complexity index is 566. The SMILES string of the molecule is O=C1C=CC(=O)C2=C1C1C=CC2(Cl)CC(Cl)=C1. The van der Waals surface area contributed by atoms with Gasteiger partial charge in [0.25, 0.3) is 0 Å². The highest BCUT2D eigenvalue weighted by Gasteiger charge is 2.44. The van der Waals surface area contributed by atoms with Crippen LogP contribution in [0.15, 0.2) is 46.6 Å². The van der Waals surface area contributed by atoms with Gasteiger partial charge in [0.05, 0.1) is 4.87 Å². The van der Waals surface area contributed by atoms with Crippen LogP contribution in [0.5, 0.6) is 0 Å². The van der Waals surface area contributed by atoms with E-state index in [2.05, 4.69) is 0 Å². The first kappa shape index (κ1) is 11.0. The van der Waals surface area contributed by atoms with Gasteiger partial charge >= 0.3 is 0 Å². The minimum Gasteiger partial charge on any atom is -0.290 e. The van der Waals surface area contributed by atoms with Crippen LogP contribution in [0.1, 0.15) is 6.42 Å². The van der Waals surface area contributed by atoms with E-state index >= 15 is 0 Å². The van der Waals surface area contributed by atoms with E-state index in [-0.39, 0.29) is 17.5 Å². The van der Waals surface area contributed by atoms with Crippen molar-refractivity contribution in [2.24, 2.45) is 5.92 Å². The van der Waals surface area contributed by atoms with Crippen molar-refractivity contribution in [2.45, 2.75) is 11.3 Å². The third kappa shape index (κ3) is 1.48. The van der Waals surface area contributed by atoms with Crippen molar-refractivity contribution in [3.8, 4) is 0 Å². The number of alkyl halides is 1. The van der Waals surface area contributed by atoms with E-state index < -0.39 is 4.87 Å². The fraction of sp³-hybridized carbons (Fsp3) is 0.231. The lowest BCUT2D eigenvalue weighted by Crippen LogP contribution is -2.34. The summed E-state index contributed by atoms with van der Waals surface area (Å²) >= 11 is 12.5. The van der Waals surface area contributed by atoms with Crippen molar-refractivity contribution in [3.63, 3.8) is 0 Å². The molecule has 0 aromatic rings. The predicted molar refractivity (Wildman–Crippen MR) is 65.9 cm³/mol. The van der Waals surface area contributed by atoms with Crippen LogP contribution in [-0.2, 0) is 9.59 Å². The molecule has 4 aliphatic rings. The van der Waals surface area contributed by atoms with Gasteiger partial charge in [0, 0.05) is 28.5 Å². The van der Waals surface area contributed by atoms with E-state index in [9.17, 15) is 9.59 Å². The van der Waals surface area contributed by atoms with Gasteiger partial charge < -0.3 is 0 Å². The molecule has 2 bridgehead atoms. The summed E-state index contributed by atoms with van der Waals surface area (Å²) < 4.78 is 0. The second-order valence-corrected chi connectivity index (χ2v) is 5.55. The molecule has 0 radical (unpaired) electrons. The van der Waals surface area contributed by atoms with Gasteiger partial charge in [0.2, 0.25) is 0 Å². The summed E-state index contributed by atoms with van der Waals surface area (Å²) in [5.74, 6) is -0.571. The van der Waals surface area contributed by atoms with E-state index in [1.165, 1.54) is 12.2 Å². The van der Waals surface area contributed by atoms with Crippen molar-refractivity contribution in [1.82, 2.24) is 0 Å². The quantitative estimate of drug-likeness (QED) is 0.384. The molecule has 0 aromatic carbocycles. The zero-order valence-electron chi connectivity index (χ0n) is 8.74. The van der Waals surface area contributed by atoms with E-state index in [4.69, 9.17) is 23.2 Å². The maximum absolute atomic E-state index is 11.9. The first-order valence-corrected chi connectivity index (χ1v) is 6.03. The monoisotopic (exact) mass is 266 g/mol. The Labute approximate surface area is 108 Å². The van der Waals surface area contributed by atoms with E-state index in [0.717, 1.165) is 0 Å². The zero-order valence-corrected chi connectivity index (χ0v) is 10.3. The van der Waals surface area contributed by atoms with Gasteiger partial charge in [-0.25, -0.2) is 0 Å². The van der Waals surface area contributed by atoms with Crippen molar-refractivity contribution >= 4 is 34.8 Å². The smallest absolute Gasteiger partial charge is 0.184 e. The van der Waals surface area contributed by atoms with Crippen LogP contribution in [-0.4, -0.2) is 16.4 Å². The van der Waals surface area contributed by atoms with Gasteiger partial charge in [-0.2, -0.15) is 0 Å². The standard InChI is InChI=1S/C13H8Cl2O2/c14-8-5-7-3-4-13(15,6-8)12-10(17)2-1-9(16)11(7)12/h1-5,7H,6H2. The van der Waals surface area contributed by atoms with Crippen molar-refractivity contribution in [1.29, 1.82) is 0 Å². The minimum absolute atomic E-state index is 0.151. The number of hydrogen-bond acceptors (Lipinski definition) is 2. The molecular formula is C13H8Cl2O2. The molecular weight excluding hydrogens is 259 g/mol. The normalized spacial score (nSPS) is 34.9. The molecule has 17 heavy (non-hydrogen) atoms. The Morgan fingerprint density at radius 2 is 1.94 bits per heavy atom. The highest BCUT2D eigenvalue weighted by molar-refractivity contribution is 6.37. The highest BCUT2D eigenvalue weighted by atomic mass is 35.5. The van der Waals surface area contributed by atoms with Crippen LogP contribution in [0, 0.1) is 5.92 Å². The molecule has 4 heteroatoms. The Hall–Kier alpha value is -1.12. The van der Waals surface area contributed by atoms with Crippen molar-refractivity contribution in [3.05, 3.63) is 46.6 Å². The lowest BCUT2D eigenvalue weighted by Gasteiger charge is -2.31. The van der Waals surface area contributed by atoms with Gasteiger partial charge in [-0.15, -0.1) is 11.6 Å². The second-order valence-electron chi connectivity index (χ2n) is 4.39. The van der Waals surface area contributed by atoms with Gasteiger partial charge in [0.15, 0.2) is 11.6 Å². The Balaban J connectivity index is 2.27. The summed E-state index contributed by atoms with van der Waals surface area (Å²) in [5.41, 5.74) is 0.872. The fourth-order valence-electron chi connectivity index (χ4n) is 2.56. The number of allylic oxidation sites excluding steroid dienone is 8. The molecule has 0 N–H and O–H groups in total. The van der Waals surface area contributed by atoms with Gasteiger partial charge in [-0.1, -0.05) is 29.8 Å². The molecule has 0 aromatic heterocycles. The average Bonchev–Trinajstić information content (AvgIpc) is 2.47. The number of rotatable bonds is 0. The lowest BCUT2D eigenvalue weighted by atomic mass is 9.76. The third-order valence-corrected chi connectivity index (χ3v) is 3.98. The summed E-state index contributed by atoms with van der Waals surface area (Å²) in [7, 11) is 0. The maximum atomic E-state index is 11.9. The second kappa shape index (κ2) is 3.44. The van der Waals surface area contributed by atoms with Crippen LogP contribution in [0.4, 0.5) is 0 Å². The molecule has 0 heterocycles. The Kier molecular flexibility index (Phi) is 2.22. The number of fused-ring (bicyclic) bond motifs is 1. The summed E-state index contributed by atoms with van der Waals surface area (Å²) in [6.07, 6.45) is 8.34. The van der Waals surface area contributed by atoms with E-state index in [1.54, 1.807) is 12.2 Å². The Morgan fingerprint density at radius 3 is 2.71 bits per heavy atom. The number of ketones is 2. The summed E-state index contributed by atoms with van der Waals surface area (Å²) in [6, 6.07) is 0. The average molecular weight is 267 g/mol. The zero-order chi connectivity index (χ0) is 12.2. The molecule has 0 saturated carbocycles. The molecule has 0 aliphatic heterocycles.